The fourth-order valence-electron chi connectivity index (χ4n) is 1.31. The molecule has 0 bridgehead atoms. The van der Waals surface area contributed by atoms with Crippen molar-refractivity contribution in [2.24, 2.45) is 0 Å². The lowest BCUT2D eigenvalue weighted by molar-refractivity contribution is 0.0650. The molecule has 0 aromatic rings. The van der Waals surface area contributed by atoms with E-state index in [2.05, 4.69) is 18.7 Å². The van der Waals surface area contributed by atoms with Crippen LogP contribution < -0.4 is 0 Å². The van der Waals surface area contributed by atoms with Gasteiger partial charge in [-0.25, -0.2) is 0 Å². The van der Waals surface area contributed by atoms with Crippen molar-refractivity contribution in [1.82, 2.24) is 4.90 Å². The van der Waals surface area contributed by atoms with E-state index in [-0.39, 0.29) is 6.10 Å². The zero-order valence-electron chi connectivity index (χ0n) is 8.58. The minimum Gasteiger partial charge on any atom is -0.392 e. The Morgan fingerprint density at radius 2 is 2.00 bits per heavy atom. The van der Waals surface area contributed by atoms with Crippen LogP contribution in [0, 0.1) is 0 Å². The molecular weight excluding hydrogens is 154 g/mol. The van der Waals surface area contributed by atoms with E-state index < -0.39 is 0 Å². The Balaban J connectivity index is 3.78. The molecule has 0 rings (SSSR count). The lowest BCUT2D eigenvalue weighted by atomic mass is 10.2. The zero-order valence-corrected chi connectivity index (χ0v) is 8.58. The lowest BCUT2D eigenvalue weighted by Crippen LogP contribution is -2.40. The average Bonchev–Trinajstić information content (AvgIpc) is 2.00. The van der Waals surface area contributed by atoms with E-state index in [4.69, 9.17) is 4.74 Å². The molecule has 0 aromatic heterocycles. The van der Waals surface area contributed by atoms with Crippen LogP contribution in [0.4, 0.5) is 0 Å². The van der Waals surface area contributed by atoms with Crippen molar-refractivity contribution in [3.8, 4) is 0 Å². The molecule has 0 heterocycles. The topological polar surface area (TPSA) is 32.7 Å². The summed E-state index contributed by atoms with van der Waals surface area (Å²) in [5, 5.41) is 9.19. The molecule has 0 aliphatic rings. The van der Waals surface area contributed by atoms with Gasteiger partial charge < -0.3 is 9.84 Å². The summed E-state index contributed by atoms with van der Waals surface area (Å²) in [6.45, 7) is 8.41. The van der Waals surface area contributed by atoms with Crippen LogP contribution in [0.1, 0.15) is 20.8 Å². The number of aliphatic hydroxyl groups excluding tert-OH is 1. The maximum Gasteiger partial charge on any atom is 0.0639 e. The second-order valence-corrected chi connectivity index (χ2v) is 3.24. The number of methoxy groups -OCH3 is 1. The number of rotatable bonds is 6. The first kappa shape index (κ1) is 11.9. The van der Waals surface area contributed by atoms with Crippen LogP contribution in [-0.2, 0) is 4.74 Å². The standard InChI is InChI=1S/C9H21NO2/c1-5-10(6-9(3)11)8(2)7-12-4/h8-9,11H,5-7H2,1-4H3/t8?,9-/m0/s1. The van der Waals surface area contributed by atoms with Gasteiger partial charge in [0.2, 0.25) is 0 Å². The molecule has 1 unspecified atom stereocenters. The van der Waals surface area contributed by atoms with E-state index >= 15 is 0 Å². The van der Waals surface area contributed by atoms with Crippen LogP contribution in [0.3, 0.4) is 0 Å². The smallest absolute Gasteiger partial charge is 0.0639 e. The summed E-state index contributed by atoms with van der Waals surface area (Å²) in [6, 6.07) is 0.384. The van der Waals surface area contributed by atoms with Gasteiger partial charge in [0.05, 0.1) is 12.7 Å². The molecule has 0 amide bonds. The molecule has 2 atom stereocenters. The van der Waals surface area contributed by atoms with E-state index in [1.165, 1.54) is 0 Å². The highest BCUT2D eigenvalue weighted by molar-refractivity contribution is 4.67. The number of ether oxygens (including phenoxy) is 1. The summed E-state index contributed by atoms with van der Waals surface area (Å²) in [5.74, 6) is 0. The van der Waals surface area contributed by atoms with Gasteiger partial charge >= 0.3 is 0 Å². The number of aliphatic hydroxyl groups is 1. The van der Waals surface area contributed by atoms with Gasteiger partial charge in [0.25, 0.3) is 0 Å². The quantitative estimate of drug-likeness (QED) is 0.646. The maximum atomic E-state index is 9.19. The number of hydrogen-bond acceptors (Lipinski definition) is 3. The summed E-state index contributed by atoms with van der Waals surface area (Å²) in [7, 11) is 1.70. The van der Waals surface area contributed by atoms with Crippen LogP contribution in [0.5, 0.6) is 0 Å². The van der Waals surface area contributed by atoms with E-state index in [1.807, 2.05) is 6.92 Å². The fraction of sp³-hybridized carbons (Fsp3) is 1.00. The van der Waals surface area contributed by atoms with E-state index in [0.717, 1.165) is 19.7 Å². The van der Waals surface area contributed by atoms with Gasteiger partial charge in [-0.15, -0.1) is 0 Å². The summed E-state index contributed by atoms with van der Waals surface area (Å²) < 4.78 is 5.04. The highest BCUT2D eigenvalue weighted by Gasteiger charge is 2.12. The maximum absolute atomic E-state index is 9.19. The molecule has 0 saturated carbocycles. The van der Waals surface area contributed by atoms with Crippen molar-refractivity contribution < 1.29 is 9.84 Å². The van der Waals surface area contributed by atoms with Gasteiger partial charge in [0, 0.05) is 19.7 Å². The van der Waals surface area contributed by atoms with Crippen LogP contribution in [0.2, 0.25) is 0 Å². The first-order chi connectivity index (χ1) is 5.61. The minimum atomic E-state index is -0.260. The molecule has 0 radical (unpaired) electrons. The Morgan fingerprint density at radius 1 is 1.42 bits per heavy atom. The Kier molecular flexibility index (Phi) is 6.34. The summed E-state index contributed by atoms with van der Waals surface area (Å²) in [5.41, 5.74) is 0. The Morgan fingerprint density at radius 3 is 2.33 bits per heavy atom. The average molecular weight is 175 g/mol. The Hall–Kier alpha value is -0.120. The second-order valence-electron chi connectivity index (χ2n) is 3.24. The largest absolute Gasteiger partial charge is 0.392 e. The van der Waals surface area contributed by atoms with Crippen molar-refractivity contribution in [3.63, 3.8) is 0 Å². The molecule has 1 N–H and O–H groups in total. The van der Waals surface area contributed by atoms with Crippen molar-refractivity contribution in [3.05, 3.63) is 0 Å². The predicted molar refractivity (Wildman–Crippen MR) is 50.3 cm³/mol. The molecule has 0 aliphatic heterocycles. The van der Waals surface area contributed by atoms with Crippen LogP contribution in [-0.4, -0.2) is 49.0 Å². The molecule has 0 aromatic carbocycles. The molecule has 3 heteroatoms. The number of likely N-dealkylation sites (N-methyl/N-ethyl adjacent to an activating group) is 1. The van der Waals surface area contributed by atoms with Crippen molar-refractivity contribution in [1.29, 1.82) is 0 Å². The van der Waals surface area contributed by atoms with Crippen molar-refractivity contribution in [2.75, 3.05) is 26.8 Å². The first-order valence-electron chi connectivity index (χ1n) is 4.52. The van der Waals surface area contributed by atoms with Crippen LogP contribution >= 0.6 is 0 Å². The molecule has 0 aliphatic carbocycles. The monoisotopic (exact) mass is 175 g/mol. The molecule has 3 nitrogen and oxygen atoms in total. The van der Waals surface area contributed by atoms with Gasteiger partial charge in [-0.3, -0.25) is 4.90 Å². The van der Waals surface area contributed by atoms with Gasteiger partial charge in [0.1, 0.15) is 0 Å². The molecule has 0 saturated heterocycles. The molecular formula is C9H21NO2. The van der Waals surface area contributed by atoms with E-state index in [1.54, 1.807) is 7.11 Å². The molecule has 12 heavy (non-hydrogen) atoms. The third-order valence-electron chi connectivity index (χ3n) is 1.94. The molecule has 0 spiro atoms. The first-order valence-corrected chi connectivity index (χ1v) is 4.52. The van der Waals surface area contributed by atoms with Gasteiger partial charge in [-0.05, 0) is 20.4 Å². The van der Waals surface area contributed by atoms with Crippen molar-refractivity contribution >= 4 is 0 Å². The van der Waals surface area contributed by atoms with E-state index in [9.17, 15) is 5.11 Å². The van der Waals surface area contributed by atoms with Crippen molar-refractivity contribution in [2.45, 2.75) is 32.9 Å². The normalized spacial score (nSPS) is 16.5. The van der Waals surface area contributed by atoms with Crippen LogP contribution in [0.15, 0.2) is 0 Å². The Labute approximate surface area is 75.3 Å². The third kappa shape index (κ3) is 4.70. The fourth-order valence-corrected chi connectivity index (χ4v) is 1.31. The van der Waals surface area contributed by atoms with E-state index in [0.29, 0.717) is 6.04 Å². The molecule has 74 valence electrons. The summed E-state index contributed by atoms with van der Waals surface area (Å²) in [6.07, 6.45) is -0.260. The predicted octanol–water partition coefficient (Wildman–Crippen LogP) is 0.724. The SMILES string of the molecule is CCN(C[C@H](C)O)C(C)COC. The number of hydrogen-bond donors (Lipinski definition) is 1. The van der Waals surface area contributed by atoms with Crippen LogP contribution in [0.25, 0.3) is 0 Å². The zero-order chi connectivity index (χ0) is 9.56. The van der Waals surface area contributed by atoms with Gasteiger partial charge in [-0.1, -0.05) is 6.92 Å². The third-order valence-corrected chi connectivity index (χ3v) is 1.94. The Bertz CT molecular complexity index is 107. The van der Waals surface area contributed by atoms with Gasteiger partial charge in [0.15, 0.2) is 0 Å². The summed E-state index contributed by atoms with van der Waals surface area (Å²) >= 11 is 0. The number of nitrogens with zero attached hydrogens (tertiary/aromatic N) is 1. The van der Waals surface area contributed by atoms with Gasteiger partial charge in [-0.2, -0.15) is 0 Å². The lowest BCUT2D eigenvalue weighted by Gasteiger charge is -2.28. The highest BCUT2D eigenvalue weighted by atomic mass is 16.5. The molecule has 0 fully saturated rings. The minimum absolute atomic E-state index is 0.260. The second kappa shape index (κ2) is 6.40. The summed E-state index contributed by atoms with van der Waals surface area (Å²) in [4.78, 5) is 2.20. The highest BCUT2D eigenvalue weighted by Crippen LogP contribution is 2.00.